The van der Waals surface area contributed by atoms with Crippen molar-refractivity contribution >= 4 is 52.4 Å². The molecule has 0 radical (unpaired) electrons. The van der Waals surface area contributed by atoms with E-state index in [2.05, 4.69) is 5.32 Å². The maximum absolute atomic E-state index is 12.0. The Morgan fingerprint density at radius 2 is 1.90 bits per heavy atom. The molecule has 0 aromatic heterocycles. The fourth-order valence-electron chi connectivity index (χ4n) is 2.29. The van der Waals surface area contributed by atoms with Crippen molar-refractivity contribution in [2.24, 2.45) is 0 Å². The molecule has 2 rings (SSSR count). The number of carbonyl (C=O) groups excluding carboxylic acids is 1. The summed E-state index contributed by atoms with van der Waals surface area (Å²) in [5.74, 6) is -1.25. The van der Waals surface area contributed by atoms with Gasteiger partial charge in [-0.25, -0.2) is 0 Å². The molecular formula is C13H13Cl3N2O3. The largest absolute Gasteiger partial charge is 0.480 e. The minimum absolute atomic E-state index is 0.00641. The van der Waals surface area contributed by atoms with Gasteiger partial charge in [0.15, 0.2) is 0 Å². The summed E-state index contributed by atoms with van der Waals surface area (Å²) in [6.07, 6.45) is 1.31. The lowest BCUT2D eigenvalue weighted by Crippen LogP contribution is -2.40. The normalized spacial score (nSPS) is 18.7. The minimum atomic E-state index is -0.909. The molecule has 1 fully saturated rings. The number of carboxylic acid groups (broad SMARTS) is 1. The van der Waals surface area contributed by atoms with Crippen LogP contribution in [0.15, 0.2) is 12.1 Å². The molecule has 0 bridgehead atoms. The molecule has 0 saturated carbocycles. The predicted octanol–water partition coefficient (Wildman–Crippen LogP) is 3.13. The topological polar surface area (TPSA) is 69.6 Å². The van der Waals surface area contributed by atoms with Crippen LogP contribution in [0.4, 0.5) is 5.69 Å². The number of amides is 1. The van der Waals surface area contributed by atoms with E-state index in [1.54, 1.807) is 4.90 Å². The second-order valence-corrected chi connectivity index (χ2v) is 5.98. The van der Waals surface area contributed by atoms with Gasteiger partial charge in [0.1, 0.15) is 6.04 Å². The standard InChI is InChI=1S/C13H13Cl3N2O3/c14-7-4-9(16)10(5-8(7)15)17-12(19)6-18-3-1-2-11(18)13(20)21/h4-5,11H,1-3,6H2,(H,17,19)(H,20,21)/t11-/m0/s1. The second kappa shape index (κ2) is 6.83. The van der Waals surface area contributed by atoms with E-state index < -0.39 is 12.0 Å². The first kappa shape index (κ1) is 16.4. The fraction of sp³-hybridized carbons (Fsp3) is 0.385. The zero-order valence-electron chi connectivity index (χ0n) is 10.9. The molecule has 0 spiro atoms. The van der Waals surface area contributed by atoms with E-state index in [-0.39, 0.29) is 22.5 Å². The second-order valence-electron chi connectivity index (χ2n) is 4.76. The zero-order valence-corrected chi connectivity index (χ0v) is 13.2. The Balaban J connectivity index is 2.02. The number of likely N-dealkylation sites (tertiary alicyclic amines) is 1. The number of halogens is 3. The third kappa shape index (κ3) is 4.01. The van der Waals surface area contributed by atoms with E-state index in [0.29, 0.717) is 23.7 Å². The van der Waals surface area contributed by atoms with Gasteiger partial charge in [-0.15, -0.1) is 0 Å². The summed E-state index contributed by atoms with van der Waals surface area (Å²) >= 11 is 17.7. The van der Waals surface area contributed by atoms with Gasteiger partial charge in [0.05, 0.1) is 27.3 Å². The van der Waals surface area contributed by atoms with Crippen molar-refractivity contribution in [3.8, 4) is 0 Å². The lowest BCUT2D eigenvalue weighted by atomic mass is 10.2. The number of nitrogens with zero attached hydrogens (tertiary/aromatic N) is 1. The van der Waals surface area contributed by atoms with E-state index in [0.717, 1.165) is 6.42 Å². The van der Waals surface area contributed by atoms with Crippen molar-refractivity contribution in [1.29, 1.82) is 0 Å². The Labute approximate surface area is 136 Å². The van der Waals surface area contributed by atoms with Gasteiger partial charge in [-0.3, -0.25) is 14.5 Å². The predicted molar refractivity (Wildman–Crippen MR) is 82.3 cm³/mol. The number of rotatable bonds is 4. The van der Waals surface area contributed by atoms with Crippen molar-refractivity contribution in [2.45, 2.75) is 18.9 Å². The Kier molecular flexibility index (Phi) is 5.32. The highest BCUT2D eigenvalue weighted by Crippen LogP contribution is 2.32. The van der Waals surface area contributed by atoms with Crippen LogP contribution in [0.2, 0.25) is 15.1 Å². The van der Waals surface area contributed by atoms with Crippen LogP contribution >= 0.6 is 34.8 Å². The van der Waals surface area contributed by atoms with Crippen molar-refractivity contribution in [1.82, 2.24) is 4.90 Å². The Morgan fingerprint density at radius 3 is 2.57 bits per heavy atom. The molecule has 1 aliphatic rings. The summed E-state index contributed by atoms with van der Waals surface area (Å²) in [5, 5.41) is 12.5. The highest BCUT2D eigenvalue weighted by molar-refractivity contribution is 6.44. The van der Waals surface area contributed by atoms with Crippen molar-refractivity contribution in [3.63, 3.8) is 0 Å². The summed E-state index contributed by atoms with van der Waals surface area (Å²) in [7, 11) is 0. The highest BCUT2D eigenvalue weighted by atomic mass is 35.5. The average molecular weight is 352 g/mol. The molecule has 1 aromatic carbocycles. The third-order valence-electron chi connectivity index (χ3n) is 3.28. The van der Waals surface area contributed by atoms with Crippen LogP contribution in [0.5, 0.6) is 0 Å². The van der Waals surface area contributed by atoms with E-state index >= 15 is 0 Å². The number of carbonyl (C=O) groups is 2. The van der Waals surface area contributed by atoms with E-state index in [4.69, 9.17) is 39.9 Å². The van der Waals surface area contributed by atoms with Gasteiger partial charge in [0.25, 0.3) is 0 Å². The molecule has 2 N–H and O–H groups in total. The Morgan fingerprint density at radius 1 is 1.24 bits per heavy atom. The summed E-state index contributed by atoms with van der Waals surface area (Å²) in [4.78, 5) is 24.7. The quantitative estimate of drug-likeness (QED) is 0.818. The van der Waals surface area contributed by atoms with Crippen LogP contribution < -0.4 is 5.32 Å². The molecule has 1 saturated heterocycles. The summed E-state index contributed by atoms with van der Waals surface area (Å²) in [5.41, 5.74) is 0.349. The lowest BCUT2D eigenvalue weighted by molar-refractivity contribution is -0.142. The Hall–Kier alpha value is -1.01. The van der Waals surface area contributed by atoms with Crippen LogP contribution in [-0.2, 0) is 9.59 Å². The molecule has 1 atom stereocenters. The monoisotopic (exact) mass is 350 g/mol. The van der Waals surface area contributed by atoms with Crippen molar-refractivity contribution < 1.29 is 14.7 Å². The van der Waals surface area contributed by atoms with Gasteiger partial charge in [-0.1, -0.05) is 34.8 Å². The van der Waals surface area contributed by atoms with Gasteiger partial charge < -0.3 is 10.4 Å². The summed E-state index contributed by atoms with van der Waals surface area (Å²) in [6.45, 7) is 0.576. The van der Waals surface area contributed by atoms with Crippen LogP contribution in [0.1, 0.15) is 12.8 Å². The number of nitrogens with one attached hydrogen (secondary N) is 1. The van der Waals surface area contributed by atoms with E-state index in [1.165, 1.54) is 12.1 Å². The first-order chi connectivity index (χ1) is 9.88. The molecule has 1 heterocycles. The molecular weight excluding hydrogens is 339 g/mol. The smallest absolute Gasteiger partial charge is 0.320 e. The maximum atomic E-state index is 12.0. The molecule has 114 valence electrons. The van der Waals surface area contributed by atoms with Gasteiger partial charge in [0.2, 0.25) is 5.91 Å². The number of anilines is 1. The average Bonchev–Trinajstić information content (AvgIpc) is 2.84. The molecule has 1 amide bonds. The van der Waals surface area contributed by atoms with Crippen LogP contribution in [0.25, 0.3) is 0 Å². The van der Waals surface area contributed by atoms with Gasteiger partial charge >= 0.3 is 5.97 Å². The van der Waals surface area contributed by atoms with Gasteiger partial charge in [0, 0.05) is 0 Å². The zero-order chi connectivity index (χ0) is 15.6. The van der Waals surface area contributed by atoms with Crippen LogP contribution in [0, 0.1) is 0 Å². The molecule has 8 heteroatoms. The molecule has 1 aromatic rings. The number of hydrogen-bond donors (Lipinski definition) is 2. The lowest BCUT2D eigenvalue weighted by Gasteiger charge is -2.20. The molecule has 0 unspecified atom stereocenters. The van der Waals surface area contributed by atoms with Crippen molar-refractivity contribution in [3.05, 3.63) is 27.2 Å². The van der Waals surface area contributed by atoms with Gasteiger partial charge in [-0.05, 0) is 31.5 Å². The SMILES string of the molecule is O=C(CN1CCC[C@H]1C(=O)O)Nc1cc(Cl)c(Cl)cc1Cl. The number of benzene rings is 1. The van der Waals surface area contributed by atoms with Crippen LogP contribution in [0.3, 0.4) is 0 Å². The van der Waals surface area contributed by atoms with E-state index in [1.807, 2.05) is 0 Å². The molecule has 1 aliphatic heterocycles. The highest BCUT2D eigenvalue weighted by Gasteiger charge is 2.31. The van der Waals surface area contributed by atoms with E-state index in [9.17, 15) is 9.59 Å². The van der Waals surface area contributed by atoms with Crippen molar-refractivity contribution in [2.75, 3.05) is 18.4 Å². The first-order valence-electron chi connectivity index (χ1n) is 6.29. The third-order valence-corrected chi connectivity index (χ3v) is 4.31. The molecule has 0 aliphatic carbocycles. The first-order valence-corrected chi connectivity index (χ1v) is 7.43. The number of aliphatic carboxylic acids is 1. The maximum Gasteiger partial charge on any atom is 0.320 e. The number of hydrogen-bond acceptors (Lipinski definition) is 3. The number of carboxylic acids is 1. The Bertz CT molecular complexity index is 580. The minimum Gasteiger partial charge on any atom is -0.480 e. The molecule has 21 heavy (non-hydrogen) atoms. The summed E-state index contributed by atoms with van der Waals surface area (Å²) < 4.78 is 0. The van der Waals surface area contributed by atoms with Gasteiger partial charge in [-0.2, -0.15) is 0 Å². The fourth-order valence-corrected chi connectivity index (χ4v) is 2.88. The summed E-state index contributed by atoms with van der Waals surface area (Å²) in [6, 6.07) is 2.29. The van der Waals surface area contributed by atoms with Crippen LogP contribution in [-0.4, -0.2) is 41.0 Å². The molecule has 5 nitrogen and oxygen atoms in total.